The number of esters is 7. The number of methoxy groups -OCH3 is 2. The molecule has 0 radical (unpaired) electrons. The topological polar surface area (TPSA) is 260 Å². The molecule has 0 aromatic heterocycles. The Balaban J connectivity index is 0.00000104. The third kappa shape index (κ3) is 25.2. The van der Waals surface area contributed by atoms with Crippen molar-refractivity contribution in [1.82, 2.24) is 0 Å². The summed E-state index contributed by atoms with van der Waals surface area (Å²) in [6.45, 7) is 19.4. The Bertz CT molecular complexity index is 2010. The van der Waals surface area contributed by atoms with Gasteiger partial charge in [-0.1, -0.05) is 0 Å². The van der Waals surface area contributed by atoms with Crippen LogP contribution in [0.1, 0.15) is 104 Å². The van der Waals surface area contributed by atoms with Gasteiger partial charge in [-0.2, -0.15) is 0 Å². The molecule has 19 nitrogen and oxygen atoms in total. The SMILES string of the molecule is CC(C)OC(=O)C[C@H](O)C(=O)OC(C)C.COc1cc(/C=C/C(=O)O)cc(C)c1OC(C)=O.COc1cc(/C=C/C(=O)OC(CC(=O)OC(C)C)C(=O)OC(C)C)cc(C)c1OC(C)=O. The van der Waals surface area contributed by atoms with E-state index in [2.05, 4.69) is 0 Å². The molecule has 0 aliphatic heterocycles. The van der Waals surface area contributed by atoms with Crippen LogP contribution in [0.4, 0.5) is 0 Å². The lowest BCUT2D eigenvalue weighted by Crippen LogP contribution is -2.33. The number of hydrogen-bond donors (Lipinski definition) is 2. The summed E-state index contributed by atoms with van der Waals surface area (Å²) >= 11 is 0. The molecule has 0 saturated heterocycles. The maximum absolute atomic E-state index is 12.3. The molecule has 0 aliphatic carbocycles. The van der Waals surface area contributed by atoms with Gasteiger partial charge in [0.15, 0.2) is 29.1 Å². The predicted octanol–water partition coefficient (Wildman–Crippen LogP) is 5.81. The average Bonchev–Trinajstić information content (AvgIpc) is 3.16. The standard InChI is InChI=1S/C23H30O9.C13H14O5.C10H18O5/c1-13(2)29-21(26)12-19(23(27)30-14(3)4)32-20(25)9-8-17-10-15(5)22(31-16(6)24)18(11-17)28-7;1-8-6-10(4-5-12(15)16)7-11(17-3)13(8)18-9(2)14;1-6(2)14-9(12)5-8(11)10(13)15-7(3)4/h8-11,13-14,19H,12H2,1-7H3;4-7H,1-3H3,(H,15,16);6-8,11H,5H2,1-4H3/b9-8+;5-4+;/t;;8-/m..0/s1. The second kappa shape index (κ2) is 29.6. The van der Waals surface area contributed by atoms with E-state index in [0.29, 0.717) is 39.5 Å². The fourth-order valence-electron chi connectivity index (χ4n) is 4.90. The van der Waals surface area contributed by atoms with Crippen molar-refractivity contribution in [3.63, 3.8) is 0 Å². The van der Waals surface area contributed by atoms with Crippen molar-refractivity contribution in [2.45, 2.75) is 133 Å². The number of aryl methyl sites for hydroxylation is 2. The zero-order valence-electron chi connectivity index (χ0n) is 39.3. The largest absolute Gasteiger partial charge is 0.493 e. The van der Waals surface area contributed by atoms with E-state index in [4.69, 9.17) is 47.7 Å². The van der Waals surface area contributed by atoms with Crippen molar-refractivity contribution in [2.75, 3.05) is 14.2 Å². The minimum Gasteiger partial charge on any atom is -0.493 e. The summed E-state index contributed by atoms with van der Waals surface area (Å²) < 4.78 is 45.3. The van der Waals surface area contributed by atoms with Gasteiger partial charge in [-0.15, -0.1) is 0 Å². The maximum Gasteiger partial charge on any atom is 0.348 e. The number of aliphatic hydroxyl groups excluding tert-OH is 1. The highest BCUT2D eigenvalue weighted by molar-refractivity contribution is 5.91. The van der Waals surface area contributed by atoms with Gasteiger partial charge >= 0.3 is 47.8 Å². The van der Waals surface area contributed by atoms with Gasteiger partial charge in [0.1, 0.15) is 0 Å². The molecule has 2 aromatic carbocycles. The van der Waals surface area contributed by atoms with Gasteiger partial charge in [0.05, 0.1) is 51.5 Å². The molecule has 2 atom stereocenters. The number of benzene rings is 2. The molecule has 1 unspecified atom stereocenters. The highest BCUT2D eigenvalue weighted by atomic mass is 16.6. The maximum atomic E-state index is 12.3. The molecule has 0 heterocycles. The zero-order chi connectivity index (χ0) is 50.1. The van der Waals surface area contributed by atoms with Crippen molar-refractivity contribution < 1.29 is 91.2 Å². The summed E-state index contributed by atoms with van der Waals surface area (Å²) in [6, 6.07) is 6.56. The number of carbonyl (C=O) groups is 8. The Kier molecular flexibility index (Phi) is 26.5. The van der Waals surface area contributed by atoms with E-state index in [1.165, 1.54) is 40.2 Å². The van der Waals surface area contributed by atoms with Crippen LogP contribution >= 0.6 is 0 Å². The first kappa shape index (κ1) is 58.2. The van der Waals surface area contributed by atoms with Crippen molar-refractivity contribution in [1.29, 1.82) is 0 Å². The summed E-state index contributed by atoms with van der Waals surface area (Å²) in [7, 11) is 2.87. The minimum absolute atomic E-state index is 0.259. The second-order valence-corrected chi connectivity index (χ2v) is 14.8. The van der Waals surface area contributed by atoms with Gasteiger partial charge in [0.25, 0.3) is 0 Å². The Labute approximate surface area is 378 Å². The number of hydrogen-bond acceptors (Lipinski definition) is 18. The van der Waals surface area contributed by atoms with Gasteiger partial charge in [-0.25, -0.2) is 19.2 Å². The van der Waals surface area contributed by atoms with Crippen LogP contribution in [0, 0.1) is 13.8 Å². The third-order valence-corrected chi connectivity index (χ3v) is 7.23. The molecular formula is C46H62O19. The number of carboxylic acids is 1. The molecule has 2 rings (SSSR count). The summed E-state index contributed by atoms with van der Waals surface area (Å²) in [5, 5.41) is 17.8. The lowest BCUT2D eigenvalue weighted by atomic mass is 10.1. The molecular weight excluding hydrogens is 856 g/mol. The molecule has 2 aromatic rings. The Morgan fingerprint density at radius 1 is 0.554 bits per heavy atom. The molecule has 65 heavy (non-hydrogen) atoms. The summed E-state index contributed by atoms with van der Waals surface area (Å²) in [6.07, 6.45) is -0.122. The lowest BCUT2D eigenvalue weighted by molar-refractivity contribution is -0.172. The first-order valence-electron chi connectivity index (χ1n) is 20.2. The van der Waals surface area contributed by atoms with Crippen LogP contribution in [-0.2, 0) is 62.0 Å². The average molecular weight is 919 g/mol. The molecule has 360 valence electrons. The fourth-order valence-corrected chi connectivity index (χ4v) is 4.90. The number of carbonyl (C=O) groups excluding carboxylic acids is 7. The number of aliphatic carboxylic acids is 1. The van der Waals surface area contributed by atoms with Crippen molar-refractivity contribution in [3.8, 4) is 23.0 Å². The number of aliphatic hydroxyl groups is 1. The van der Waals surface area contributed by atoms with Crippen LogP contribution in [0.25, 0.3) is 12.2 Å². The molecule has 0 saturated carbocycles. The molecule has 0 fully saturated rings. The van der Waals surface area contributed by atoms with E-state index in [9.17, 15) is 43.5 Å². The van der Waals surface area contributed by atoms with Gasteiger partial charge in [-0.05, 0) is 128 Å². The first-order valence-corrected chi connectivity index (χ1v) is 20.2. The van der Waals surface area contributed by atoms with Crippen LogP contribution < -0.4 is 18.9 Å². The van der Waals surface area contributed by atoms with Crippen molar-refractivity contribution in [2.24, 2.45) is 0 Å². The molecule has 0 aliphatic rings. The van der Waals surface area contributed by atoms with Gasteiger partial charge in [-0.3, -0.25) is 19.2 Å². The highest BCUT2D eigenvalue weighted by Crippen LogP contribution is 2.34. The van der Waals surface area contributed by atoms with Gasteiger partial charge in [0, 0.05) is 26.0 Å². The molecule has 0 spiro atoms. The van der Waals surface area contributed by atoms with Gasteiger partial charge < -0.3 is 52.8 Å². The van der Waals surface area contributed by atoms with Crippen LogP contribution in [0.5, 0.6) is 23.0 Å². The second-order valence-electron chi connectivity index (χ2n) is 14.8. The lowest BCUT2D eigenvalue weighted by Gasteiger charge is -2.18. The fraction of sp³-hybridized carbons (Fsp3) is 0.478. The molecule has 19 heteroatoms. The summed E-state index contributed by atoms with van der Waals surface area (Å²) in [5.74, 6) is -4.45. The Hall–Kier alpha value is -6.76. The Morgan fingerprint density at radius 2 is 0.938 bits per heavy atom. The van der Waals surface area contributed by atoms with E-state index in [0.717, 1.165) is 12.2 Å². The van der Waals surface area contributed by atoms with Crippen LogP contribution in [0.15, 0.2) is 36.4 Å². The highest BCUT2D eigenvalue weighted by Gasteiger charge is 2.29. The Morgan fingerprint density at radius 3 is 1.31 bits per heavy atom. The van der Waals surface area contributed by atoms with Crippen LogP contribution in [0.2, 0.25) is 0 Å². The van der Waals surface area contributed by atoms with E-state index in [1.54, 1.807) is 93.5 Å². The van der Waals surface area contributed by atoms with Crippen molar-refractivity contribution in [3.05, 3.63) is 58.7 Å². The van der Waals surface area contributed by atoms with E-state index in [-0.39, 0.29) is 30.5 Å². The zero-order valence-corrected chi connectivity index (χ0v) is 39.3. The van der Waals surface area contributed by atoms with Crippen molar-refractivity contribution >= 4 is 59.9 Å². The monoisotopic (exact) mass is 918 g/mol. The van der Waals surface area contributed by atoms with Crippen LogP contribution in [-0.4, -0.2) is 109 Å². The predicted molar refractivity (Wildman–Crippen MR) is 234 cm³/mol. The number of carboxylic acid groups (broad SMARTS) is 1. The quantitative estimate of drug-likeness (QED) is 0.0728. The van der Waals surface area contributed by atoms with Gasteiger partial charge in [0.2, 0.25) is 6.10 Å². The molecule has 0 bridgehead atoms. The smallest absolute Gasteiger partial charge is 0.348 e. The van der Waals surface area contributed by atoms with E-state index in [1.807, 2.05) is 0 Å². The first-order chi connectivity index (χ1) is 30.2. The minimum atomic E-state index is -1.45. The summed E-state index contributed by atoms with van der Waals surface area (Å²) in [5.41, 5.74) is 2.52. The molecule has 2 N–H and O–H groups in total. The summed E-state index contributed by atoms with van der Waals surface area (Å²) in [4.78, 5) is 91.3. The normalized spacial score (nSPS) is 11.7. The third-order valence-electron chi connectivity index (χ3n) is 7.23. The van der Waals surface area contributed by atoms with E-state index < -0.39 is 72.5 Å². The van der Waals surface area contributed by atoms with Crippen LogP contribution in [0.3, 0.4) is 0 Å². The van der Waals surface area contributed by atoms with E-state index >= 15 is 0 Å². The molecule has 0 amide bonds. The number of ether oxygens (including phenoxy) is 9. The number of rotatable bonds is 19.